The molecule has 2 aromatic carbocycles. The largest absolute Gasteiger partial charge is 0.355 e. The molecule has 1 aliphatic rings. The summed E-state index contributed by atoms with van der Waals surface area (Å²) in [4.78, 5) is 19.9. The average molecular weight is 425 g/mol. The molecule has 0 spiro atoms. The Morgan fingerprint density at radius 2 is 1.70 bits per heavy atom. The van der Waals surface area contributed by atoms with Crippen molar-refractivity contribution in [3.63, 3.8) is 0 Å². The first-order chi connectivity index (χ1) is 14.6. The molecule has 1 fully saturated rings. The van der Waals surface area contributed by atoms with Gasteiger partial charge in [-0.3, -0.25) is 9.79 Å². The van der Waals surface area contributed by atoms with Gasteiger partial charge in [0.2, 0.25) is 0 Å². The van der Waals surface area contributed by atoms with E-state index in [2.05, 4.69) is 46.0 Å². The molecule has 0 atom stereocenters. The number of aliphatic imine (C=N–C) groups is 1. The van der Waals surface area contributed by atoms with E-state index < -0.39 is 0 Å². The molecule has 2 aromatic rings. The molecule has 0 saturated heterocycles. The van der Waals surface area contributed by atoms with Gasteiger partial charge in [0.15, 0.2) is 5.96 Å². The van der Waals surface area contributed by atoms with E-state index in [0.717, 1.165) is 36.7 Å². The van der Waals surface area contributed by atoms with Crippen molar-refractivity contribution < 1.29 is 4.79 Å². The van der Waals surface area contributed by atoms with E-state index in [-0.39, 0.29) is 10.7 Å². The number of carbonyl (C=O) groups is 1. The van der Waals surface area contributed by atoms with Gasteiger partial charge in [0, 0.05) is 48.4 Å². The number of carbonyl (C=O) groups excluding carboxylic acids is 1. The zero-order chi connectivity index (χ0) is 21.4. The summed E-state index contributed by atoms with van der Waals surface area (Å²) in [6.07, 6.45) is 2.44. The predicted molar refractivity (Wildman–Crippen MR) is 126 cm³/mol. The molecule has 0 aromatic heterocycles. The van der Waals surface area contributed by atoms with Crippen LogP contribution in [0.1, 0.15) is 42.6 Å². The third kappa shape index (κ3) is 6.02. The van der Waals surface area contributed by atoms with Crippen molar-refractivity contribution in [2.45, 2.75) is 42.9 Å². The van der Waals surface area contributed by atoms with Crippen LogP contribution in [0.5, 0.6) is 0 Å². The Kier molecular flexibility index (Phi) is 7.80. The number of thioether (sulfide) groups is 1. The number of hydrogen-bond acceptors (Lipinski definition) is 3. The van der Waals surface area contributed by atoms with Crippen LogP contribution in [0, 0.1) is 0 Å². The molecular weight excluding hydrogens is 392 g/mol. The molecule has 0 aliphatic heterocycles. The third-order valence-electron chi connectivity index (χ3n) is 5.40. The highest BCUT2D eigenvalue weighted by Gasteiger charge is 2.43. The summed E-state index contributed by atoms with van der Waals surface area (Å²) in [5, 5.41) is 6.86. The van der Waals surface area contributed by atoms with Gasteiger partial charge in [-0.1, -0.05) is 30.3 Å². The Balaban J connectivity index is 1.48. The van der Waals surface area contributed by atoms with Gasteiger partial charge in [-0.25, -0.2) is 0 Å². The lowest BCUT2D eigenvalue weighted by Crippen LogP contribution is -2.40. The average Bonchev–Trinajstić information content (AvgIpc) is 3.55. The maximum atomic E-state index is 12.4. The summed E-state index contributed by atoms with van der Waals surface area (Å²) in [5.41, 5.74) is 1.85. The first-order valence-corrected chi connectivity index (χ1v) is 11.5. The zero-order valence-corrected chi connectivity index (χ0v) is 19.0. The fourth-order valence-corrected chi connectivity index (χ4v) is 4.55. The summed E-state index contributed by atoms with van der Waals surface area (Å²) >= 11 is 1.95. The first kappa shape index (κ1) is 22.2. The molecule has 1 aliphatic carbocycles. The van der Waals surface area contributed by atoms with Crippen LogP contribution in [0.15, 0.2) is 64.5 Å². The van der Waals surface area contributed by atoms with E-state index in [0.29, 0.717) is 6.54 Å². The monoisotopic (exact) mass is 424 g/mol. The molecule has 6 heteroatoms. The van der Waals surface area contributed by atoms with Crippen LogP contribution in [0.3, 0.4) is 0 Å². The van der Waals surface area contributed by atoms with Gasteiger partial charge in [0.1, 0.15) is 0 Å². The molecule has 0 bridgehead atoms. The second-order valence-corrected chi connectivity index (χ2v) is 9.09. The maximum absolute atomic E-state index is 12.4. The van der Waals surface area contributed by atoms with E-state index in [1.54, 1.807) is 7.05 Å². The molecule has 5 nitrogen and oxygen atoms in total. The fraction of sp³-hybridized carbons (Fsp3) is 0.417. The van der Waals surface area contributed by atoms with Crippen LogP contribution in [0.4, 0.5) is 0 Å². The second kappa shape index (κ2) is 10.5. The van der Waals surface area contributed by atoms with Crippen LogP contribution in [0.2, 0.25) is 0 Å². The quantitative estimate of drug-likeness (QED) is 0.469. The number of rotatable bonds is 9. The van der Waals surface area contributed by atoms with Crippen molar-refractivity contribution in [1.82, 2.24) is 15.5 Å². The van der Waals surface area contributed by atoms with Crippen LogP contribution in [0.25, 0.3) is 0 Å². The standard InChI is InChI=1S/C24H32N4OS/c1-4-28(5-2)22(29)20-13-11-19(12-14-20)17-26-23(25-3)27-18-24(15-16-24)30-21-9-7-6-8-10-21/h6-14H,4-5,15-18H2,1-3H3,(H2,25,26,27). The highest BCUT2D eigenvalue weighted by Crippen LogP contribution is 2.51. The van der Waals surface area contributed by atoms with Crippen molar-refractivity contribution in [2.24, 2.45) is 4.99 Å². The number of nitrogens with zero attached hydrogens (tertiary/aromatic N) is 2. The number of nitrogens with one attached hydrogen (secondary N) is 2. The summed E-state index contributed by atoms with van der Waals surface area (Å²) in [6, 6.07) is 18.4. The number of amides is 1. The summed E-state index contributed by atoms with van der Waals surface area (Å²) in [5.74, 6) is 0.890. The Morgan fingerprint density at radius 3 is 2.27 bits per heavy atom. The van der Waals surface area contributed by atoms with Crippen molar-refractivity contribution in [2.75, 3.05) is 26.7 Å². The van der Waals surface area contributed by atoms with Crippen LogP contribution < -0.4 is 10.6 Å². The van der Waals surface area contributed by atoms with E-state index >= 15 is 0 Å². The van der Waals surface area contributed by atoms with Crippen LogP contribution >= 0.6 is 11.8 Å². The van der Waals surface area contributed by atoms with Gasteiger partial charge in [0.25, 0.3) is 5.91 Å². The van der Waals surface area contributed by atoms with Crippen LogP contribution in [-0.4, -0.2) is 48.2 Å². The lowest BCUT2D eigenvalue weighted by atomic mass is 10.1. The minimum atomic E-state index is 0.0858. The highest BCUT2D eigenvalue weighted by atomic mass is 32.2. The maximum Gasteiger partial charge on any atom is 0.253 e. The zero-order valence-electron chi connectivity index (χ0n) is 18.1. The van der Waals surface area contributed by atoms with Gasteiger partial charge < -0.3 is 15.5 Å². The third-order valence-corrected chi connectivity index (χ3v) is 6.89. The van der Waals surface area contributed by atoms with E-state index in [1.165, 1.54) is 17.7 Å². The van der Waals surface area contributed by atoms with Gasteiger partial charge in [0.05, 0.1) is 0 Å². The Bertz CT molecular complexity index is 843. The minimum Gasteiger partial charge on any atom is -0.355 e. The molecular formula is C24H32N4OS. The number of hydrogen-bond donors (Lipinski definition) is 2. The lowest BCUT2D eigenvalue weighted by molar-refractivity contribution is 0.0773. The minimum absolute atomic E-state index is 0.0858. The van der Waals surface area contributed by atoms with Gasteiger partial charge in [-0.05, 0) is 56.5 Å². The van der Waals surface area contributed by atoms with Crippen molar-refractivity contribution in [3.05, 3.63) is 65.7 Å². The second-order valence-electron chi connectivity index (χ2n) is 7.55. The number of benzene rings is 2. The van der Waals surface area contributed by atoms with Crippen molar-refractivity contribution >= 4 is 23.6 Å². The van der Waals surface area contributed by atoms with Gasteiger partial charge in [-0.15, -0.1) is 11.8 Å². The van der Waals surface area contributed by atoms with Gasteiger partial charge in [-0.2, -0.15) is 0 Å². The summed E-state index contributed by atoms with van der Waals surface area (Å²) in [7, 11) is 1.80. The topological polar surface area (TPSA) is 56.7 Å². The molecule has 0 unspecified atom stereocenters. The van der Waals surface area contributed by atoms with E-state index in [1.807, 2.05) is 54.8 Å². The molecule has 2 N–H and O–H groups in total. The molecule has 1 saturated carbocycles. The molecule has 0 radical (unpaired) electrons. The van der Waals surface area contributed by atoms with Crippen LogP contribution in [-0.2, 0) is 6.54 Å². The summed E-state index contributed by atoms with van der Waals surface area (Å²) in [6.45, 7) is 7.02. The van der Waals surface area contributed by atoms with E-state index in [4.69, 9.17) is 0 Å². The van der Waals surface area contributed by atoms with Gasteiger partial charge >= 0.3 is 0 Å². The summed E-state index contributed by atoms with van der Waals surface area (Å²) < 4.78 is 0.269. The van der Waals surface area contributed by atoms with E-state index in [9.17, 15) is 4.79 Å². The molecule has 160 valence electrons. The Labute approximate surface area is 184 Å². The number of guanidine groups is 1. The fourth-order valence-electron chi connectivity index (χ4n) is 3.30. The molecule has 3 rings (SSSR count). The predicted octanol–water partition coefficient (Wildman–Crippen LogP) is 4.16. The molecule has 0 heterocycles. The lowest BCUT2D eigenvalue weighted by Gasteiger charge is -2.19. The normalized spacial score (nSPS) is 14.8. The Morgan fingerprint density at radius 1 is 1.03 bits per heavy atom. The highest BCUT2D eigenvalue weighted by molar-refractivity contribution is 8.01. The first-order valence-electron chi connectivity index (χ1n) is 10.7. The molecule has 1 amide bonds. The molecule has 30 heavy (non-hydrogen) atoms. The van der Waals surface area contributed by atoms with Crippen molar-refractivity contribution in [3.8, 4) is 0 Å². The Hall–Kier alpha value is -2.47. The smallest absolute Gasteiger partial charge is 0.253 e. The van der Waals surface area contributed by atoms with Crippen molar-refractivity contribution in [1.29, 1.82) is 0 Å². The SMILES string of the molecule is CCN(CC)C(=O)c1ccc(CNC(=NC)NCC2(Sc3ccccc3)CC2)cc1.